The van der Waals surface area contributed by atoms with E-state index in [0.29, 0.717) is 17.2 Å². The van der Waals surface area contributed by atoms with E-state index >= 15 is 0 Å². The van der Waals surface area contributed by atoms with Crippen molar-refractivity contribution in [3.8, 4) is 11.5 Å². The van der Waals surface area contributed by atoms with Gasteiger partial charge in [-0.25, -0.2) is 0 Å². The first kappa shape index (κ1) is 13.0. The molecule has 0 unspecified atom stereocenters. The quantitative estimate of drug-likeness (QED) is 0.582. The Labute approximate surface area is 99.9 Å². The average molecular weight is 237 g/mol. The van der Waals surface area contributed by atoms with Gasteiger partial charge in [-0.2, -0.15) is 0 Å². The number of anilines is 1. The van der Waals surface area contributed by atoms with Gasteiger partial charge < -0.3 is 14.4 Å². The van der Waals surface area contributed by atoms with Crippen molar-refractivity contribution in [2.75, 3.05) is 26.2 Å². The van der Waals surface area contributed by atoms with Gasteiger partial charge >= 0.3 is 0 Å². The Morgan fingerprint density at radius 3 is 2.41 bits per heavy atom. The first-order valence-corrected chi connectivity index (χ1v) is 5.01. The van der Waals surface area contributed by atoms with Crippen molar-refractivity contribution in [3.63, 3.8) is 0 Å². The van der Waals surface area contributed by atoms with Crippen LogP contribution in [0.4, 0.5) is 5.69 Å². The predicted molar refractivity (Wildman–Crippen MR) is 63.8 cm³/mol. The number of aldehydes is 1. The van der Waals surface area contributed by atoms with Gasteiger partial charge in [0.2, 0.25) is 6.29 Å². The number of hydrogen-bond acceptors (Lipinski definition) is 4. The summed E-state index contributed by atoms with van der Waals surface area (Å²) in [7, 11) is 4.58. The maximum Gasteiger partial charge on any atom is 0.290 e. The summed E-state index contributed by atoms with van der Waals surface area (Å²) in [5.41, 5.74) is 1.31. The summed E-state index contributed by atoms with van der Waals surface area (Å²) in [5, 5.41) is 0. The molecular formula is C12H15NO4. The Hall–Kier alpha value is -2.04. The third-order valence-corrected chi connectivity index (χ3v) is 2.55. The Bertz CT molecular complexity index is 442. The molecule has 0 heterocycles. The van der Waals surface area contributed by atoms with Crippen LogP contribution >= 0.6 is 0 Å². The molecule has 17 heavy (non-hydrogen) atoms. The number of ether oxygens (including phenoxy) is 2. The zero-order valence-corrected chi connectivity index (χ0v) is 10.3. The van der Waals surface area contributed by atoms with Crippen LogP contribution in [0.25, 0.3) is 0 Å². The molecule has 92 valence electrons. The normalized spacial score (nSPS) is 9.65. The lowest BCUT2D eigenvalue weighted by Gasteiger charge is -2.20. The maximum absolute atomic E-state index is 11.3. The van der Waals surface area contributed by atoms with Crippen molar-refractivity contribution in [2.24, 2.45) is 0 Å². The summed E-state index contributed by atoms with van der Waals surface area (Å²) in [6, 6.07) is 3.40. The molecule has 0 aliphatic carbocycles. The van der Waals surface area contributed by atoms with Crippen LogP contribution in [0.3, 0.4) is 0 Å². The first-order chi connectivity index (χ1) is 8.06. The van der Waals surface area contributed by atoms with E-state index in [1.54, 1.807) is 19.2 Å². The molecule has 1 aromatic carbocycles. The Morgan fingerprint density at radius 1 is 1.29 bits per heavy atom. The van der Waals surface area contributed by atoms with E-state index in [9.17, 15) is 9.59 Å². The molecule has 0 atom stereocenters. The van der Waals surface area contributed by atoms with E-state index in [0.717, 1.165) is 5.56 Å². The summed E-state index contributed by atoms with van der Waals surface area (Å²) < 4.78 is 10.4. The van der Waals surface area contributed by atoms with Crippen LogP contribution in [0.15, 0.2) is 12.1 Å². The minimum atomic E-state index is -0.632. The molecule has 0 saturated carbocycles. The highest BCUT2D eigenvalue weighted by Crippen LogP contribution is 2.36. The van der Waals surface area contributed by atoms with E-state index in [2.05, 4.69) is 0 Å². The van der Waals surface area contributed by atoms with Crippen molar-refractivity contribution in [2.45, 2.75) is 6.92 Å². The first-order valence-electron chi connectivity index (χ1n) is 5.01. The second kappa shape index (κ2) is 5.34. The number of amides is 1. The fourth-order valence-corrected chi connectivity index (χ4v) is 1.60. The van der Waals surface area contributed by atoms with E-state index in [1.807, 2.05) is 6.92 Å². The summed E-state index contributed by atoms with van der Waals surface area (Å²) >= 11 is 0. The molecule has 1 rings (SSSR count). The summed E-state index contributed by atoms with van der Waals surface area (Å²) in [5.74, 6) is 0.549. The zero-order chi connectivity index (χ0) is 13.0. The lowest BCUT2D eigenvalue weighted by Crippen LogP contribution is -2.27. The molecule has 0 radical (unpaired) electrons. The zero-order valence-electron chi connectivity index (χ0n) is 10.3. The van der Waals surface area contributed by atoms with E-state index < -0.39 is 5.91 Å². The number of likely N-dealkylation sites (N-methyl/N-ethyl adjacent to an activating group) is 1. The summed E-state index contributed by atoms with van der Waals surface area (Å²) in [6.07, 6.45) is 0.263. The van der Waals surface area contributed by atoms with Crippen LogP contribution in [-0.4, -0.2) is 33.5 Å². The average Bonchev–Trinajstić information content (AvgIpc) is 2.36. The molecule has 0 spiro atoms. The standard InChI is InChI=1S/C12H15NO4/c1-8-10(16-3)6-5-9(12(8)17-4)13(2)11(15)7-14/h5-7H,1-4H3. The van der Waals surface area contributed by atoms with Gasteiger partial charge in [0, 0.05) is 12.6 Å². The van der Waals surface area contributed by atoms with Crippen LogP contribution in [0.2, 0.25) is 0 Å². The molecular weight excluding hydrogens is 222 g/mol. The number of carbonyl (C=O) groups excluding carboxylic acids is 2. The Balaban J connectivity index is 3.30. The van der Waals surface area contributed by atoms with Crippen LogP contribution in [0.5, 0.6) is 11.5 Å². The molecule has 1 aromatic rings. The van der Waals surface area contributed by atoms with Crippen molar-refractivity contribution >= 4 is 17.9 Å². The van der Waals surface area contributed by atoms with Gasteiger partial charge in [0.05, 0.1) is 19.9 Å². The molecule has 0 aliphatic rings. The lowest BCUT2D eigenvalue weighted by molar-refractivity contribution is -0.129. The van der Waals surface area contributed by atoms with Crippen molar-refractivity contribution < 1.29 is 19.1 Å². The topological polar surface area (TPSA) is 55.8 Å². The summed E-state index contributed by atoms with van der Waals surface area (Å²) in [4.78, 5) is 23.0. The van der Waals surface area contributed by atoms with Crippen molar-refractivity contribution in [3.05, 3.63) is 17.7 Å². The number of methoxy groups -OCH3 is 2. The second-order valence-electron chi connectivity index (χ2n) is 3.46. The van der Waals surface area contributed by atoms with Gasteiger partial charge in [0.1, 0.15) is 11.5 Å². The SMILES string of the molecule is COc1ccc(N(C)C(=O)C=O)c(OC)c1C. The highest BCUT2D eigenvalue weighted by atomic mass is 16.5. The Morgan fingerprint density at radius 2 is 1.94 bits per heavy atom. The smallest absolute Gasteiger partial charge is 0.290 e. The largest absolute Gasteiger partial charge is 0.496 e. The third-order valence-electron chi connectivity index (χ3n) is 2.55. The lowest BCUT2D eigenvalue weighted by atomic mass is 10.1. The molecule has 0 saturated heterocycles. The monoisotopic (exact) mass is 237 g/mol. The number of benzene rings is 1. The highest BCUT2D eigenvalue weighted by Gasteiger charge is 2.18. The second-order valence-corrected chi connectivity index (χ2v) is 3.46. The number of nitrogens with zero attached hydrogens (tertiary/aromatic N) is 1. The fourth-order valence-electron chi connectivity index (χ4n) is 1.60. The number of rotatable bonds is 4. The molecule has 1 amide bonds. The molecule has 0 N–H and O–H groups in total. The highest BCUT2D eigenvalue weighted by molar-refractivity contribution is 6.30. The van der Waals surface area contributed by atoms with Gasteiger partial charge in [-0.15, -0.1) is 0 Å². The molecule has 0 bridgehead atoms. The van der Waals surface area contributed by atoms with Gasteiger partial charge in [-0.1, -0.05) is 0 Å². The van der Waals surface area contributed by atoms with Crippen LogP contribution in [-0.2, 0) is 9.59 Å². The maximum atomic E-state index is 11.3. The molecule has 5 nitrogen and oxygen atoms in total. The summed E-state index contributed by atoms with van der Waals surface area (Å²) in [6.45, 7) is 1.82. The van der Waals surface area contributed by atoms with Gasteiger partial charge in [0.15, 0.2) is 0 Å². The minimum Gasteiger partial charge on any atom is -0.496 e. The van der Waals surface area contributed by atoms with Gasteiger partial charge in [-0.05, 0) is 19.1 Å². The fraction of sp³-hybridized carbons (Fsp3) is 0.333. The van der Waals surface area contributed by atoms with Crippen LogP contribution < -0.4 is 14.4 Å². The van der Waals surface area contributed by atoms with Crippen molar-refractivity contribution in [1.82, 2.24) is 0 Å². The van der Waals surface area contributed by atoms with Crippen LogP contribution in [0.1, 0.15) is 5.56 Å². The predicted octanol–water partition coefficient (Wildman–Crippen LogP) is 1.17. The van der Waals surface area contributed by atoms with Gasteiger partial charge in [0.25, 0.3) is 5.91 Å². The number of hydrogen-bond donors (Lipinski definition) is 0. The minimum absolute atomic E-state index is 0.263. The van der Waals surface area contributed by atoms with E-state index in [4.69, 9.17) is 9.47 Å². The molecule has 0 aliphatic heterocycles. The van der Waals surface area contributed by atoms with E-state index in [-0.39, 0.29) is 6.29 Å². The van der Waals surface area contributed by atoms with Crippen LogP contribution in [0, 0.1) is 6.92 Å². The van der Waals surface area contributed by atoms with Crippen molar-refractivity contribution in [1.29, 1.82) is 0 Å². The Kier molecular flexibility index (Phi) is 4.09. The molecule has 0 aromatic heterocycles. The molecule has 5 heteroatoms. The third kappa shape index (κ3) is 2.38. The number of carbonyl (C=O) groups is 2. The molecule has 0 fully saturated rings. The van der Waals surface area contributed by atoms with Gasteiger partial charge in [-0.3, -0.25) is 9.59 Å². The van der Waals surface area contributed by atoms with E-state index in [1.165, 1.54) is 19.1 Å².